The first-order valence-electron chi connectivity index (χ1n) is 22.3. The number of pyridine rings is 2. The van der Waals surface area contributed by atoms with Crippen molar-refractivity contribution < 1.29 is 9.47 Å². The molecule has 8 heteroatoms. The van der Waals surface area contributed by atoms with Gasteiger partial charge in [-0.3, -0.25) is 19.1 Å². The molecule has 0 unspecified atom stereocenters. The van der Waals surface area contributed by atoms with Gasteiger partial charge in [-0.15, -0.1) is 0 Å². The fourth-order valence-electron chi connectivity index (χ4n) is 8.86. The standard InChI is InChI=1S/C58H48N6O2/c1-57(2,3)39-19-25-51-47(31-39)45-23-21-43(33-53(45)63(51)55-17-7-9-27-59-55)65-41-15-11-13-37(29-41)49-35-62-50(36-61-49)38-14-12-16-42(30-38)66-44-22-24-46-48-32-40(58(4,5)6)20-26-52(48)64(54(46)34-44)56-18-8-10-28-60-56/h7-36H,1-6H3. The first-order valence-corrected chi connectivity index (χ1v) is 22.3. The molecule has 0 saturated carbocycles. The average molecular weight is 861 g/mol. The molecule has 66 heavy (non-hydrogen) atoms. The zero-order valence-electron chi connectivity index (χ0n) is 37.8. The monoisotopic (exact) mass is 860 g/mol. The average Bonchev–Trinajstić information content (AvgIpc) is 3.83. The topological polar surface area (TPSA) is 79.9 Å². The van der Waals surface area contributed by atoms with Crippen molar-refractivity contribution in [1.29, 1.82) is 0 Å². The molecule has 0 N–H and O–H groups in total. The number of aromatic nitrogens is 6. The van der Waals surface area contributed by atoms with E-state index in [0.29, 0.717) is 11.5 Å². The minimum absolute atomic E-state index is 0.0213. The van der Waals surface area contributed by atoms with E-state index in [1.807, 2.05) is 109 Å². The molecule has 0 aliphatic carbocycles. The van der Waals surface area contributed by atoms with Crippen molar-refractivity contribution in [3.05, 3.63) is 194 Å². The lowest BCUT2D eigenvalue weighted by Crippen LogP contribution is -2.10. The van der Waals surface area contributed by atoms with Crippen molar-refractivity contribution in [3.8, 4) is 57.1 Å². The Morgan fingerprint density at radius 2 is 0.803 bits per heavy atom. The normalized spacial score (nSPS) is 12.1. The minimum Gasteiger partial charge on any atom is -0.457 e. The Kier molecular flexibility index (Phi) is 9.77. The third kappa shape index (κ3) is 7.50. The molecular weight excluding hydrogens is 813 g/mol. The van der Waals surface area contributed by atoms with Gasteiger partial charge in [0.15, 0.2) is 0 Å². The molecular formula is C58H48N6O2. The molecule has 11 rings (SSSR count). The molecule has 0 atom stereocenters. The number of nitrogens with zero attached hydrogens (tertiary/aromatic N) is 6. The summed E-state index contributed by atoms with van der Waals surface area (Å²) in [7, 11) is 0. The first-order chi connectivity index (χ1) is 31.9. The van der Waals surface area contributed by atoms with E-state index < -0.39 is 0 Å². The lowest BCUT2D eigenvalue weighted by atomic mass is 9.86. The molecule has 5 heterocycles. The summed E-state index contributed by atoms with van der Waals surface area (Å²) < 4.78 is 17.5. The van der Waals surface area contributed by atoms with E-state index in [9.17, 15) is 0 Å². The lowest BCUT2D eigenvalue weighted by Gasteiger charge is -2.19. The summed E-state index contributed by atoms with van der Waals surface area (Å²) >= 11 is 0. The lowest BCUT2D eigenvalue weighted by molar-refractivity contribution is 0.483. The molecule has 6 aromatic carbocycles. The molecule has 0 radical (unpaired) electrons. The molecule has 322 valence electrons. The van der Waals surface area contributed by atoms with E-state index in [1.54, 1.807) is 12.4 Å². The molecule has 0 spiro atoms. The third-order valence-electron chi connectivity index (χ3n) is 12.3. The number of hydrogen-bond donors (Lipinski definition) is 0. The van der Waals surface area contributed by atoms with Crippen molar-refractivity contribution in [2.45, 2.75) is 52.4 Å². The highest BCUT2D eigenvalue weighted by atomic mass is 16.5. The van der Waals surface area contributed by atoms with Crippen LogP contribution < -0.4 is 9.47 Å². The van der Waals surface area contributed by atoms with E-state index in [-0.39, 0.29) is 10.8 Å². The second-order valence-corrected chi connectivity index (χ2v) is 18.9. The molecule has 0 aliphatic heterocycles. The molecule has 0 amide bonds. The van der Waals surface area contributed by atoms with Crippen molar-refractivity contribution >= 4 is 43.6 Å². The van der Waals surface area contributed by atoms with Gasteiger partial charge in [-0.25, -0.2) is 9.97 Å². The second kappa shape index (κ2) is 15.9. The van der Waals surface area contributed by atoms with Crippen LogP contribution in [0.5, 0.6) is 23.0 Å². The van der Waals surface area contributed by atoms with Crippen LogP contribution in [0.25, 0.3) is 77.8 Å². The number of rotatable bonds is 8. The Morgan fingerprint density at radius 1 is 0.364 bits per heavy atom. The quantitative estimate of drug-likeness (QED) is 0.151. The van der Waals surface area contributed by atoms with Crippen LogP contribution >= 0.6 is 0 Å². The number of hydrogen-bond acceptors (Lipinski definition) is 6. The fourth-order valence-corrected chi connectivity index (χ4v) is 8.86. The predicted molar refractivity (Wildman–Crippen MR) is 268 cm³/mol. The minimum atomic E-state index is 0.0213. The smallest absolute Gasteiger partial charge is 0.137 e. The summed E-state index contributed by atoms with van der Waals surface area (Å²) in [6.45, 7) is 13.5. The molecule has 5 aromatic heterocycles. The van der Waals surface area contributed by atoms with Gasteiger partial charge in [-0.05, 0) is 119 Å². The zero-order valence-corrected chi connectivity index (χ0v) is 37.8. The highest BCUT2D eigenvalue weighted by Gasteiger charge is 2.21. The van der Waals surface area contributed by atoms with E-state index in [2.05, 4.69) is 111 Å². The van der Waals surface area contributed by atoms with Gasteiger partial charge in [0.2, 0.25) is 0 Å². The van der Waals surface area contributed by atoms with Crippen LogP contribution in [0, 0.1) is 0 Å². The molecule has 8 nitrogen and oxygen atoms in total. The highest BCUT2D eigenvalue weighted by Crippen LogP contribution is 2.40. The second-order valence-electron chi connectivity index (χ2n) is 18.9. The van der Waals surface area contributed by atoms with E-state index in [0.717, 1.165) is 78.5 Å². The fraction of sp³-hybridized carbons (Fsp3) is 0.138. The maximum Gasteiger partial charge on any atom is 0.137 e. The Balaban J connectivity index is 0.855. The van der Waals surface area contributed by atoms with Crippen molar-refractivity contribution in [2.24, 2.45) is 0 Å². The van der Waals surface area contributed by atoms with Gasteiger partial charge in [0.1, 0.15) is 34.6 Å². The van der Waals surface area contributed by atoms with Crippen LogP contribution in [-0.4, -0.2) is 29.1 Å². The molecule has 0 aliphatic rings. The van der Waals surface area contributed by atoms with E-state index in [1.165, 1.54) is 21.9 Å². The summed E-state index contributed by atoms with van der Waals surface area (Å²) in [6.07, 6.45) is 7.28. The maximum atomic E-state index is 6.55. The highest BCUT2D eigenvalue weighted by molar-refractivity contribution is 6.11. The largest absolute Gasteiger partial charge is 0.457 e. The molecule has 0 saturated heterocycles. The van der Waals surface area contributed by atoms with Crippen molar-refractivity contribution in [3.63, 3.8) is 0 Å². The summed E-state index contributed by atoms with van der Waals surface area (Å²) in [5.74, 6) is 4.57. The van der Waals surface area contributed by atoms with Gasteiger partial charge < -0.3 is 9.47 Å². The Bertz CT molecular complexity index is 3360. The predicted octanol–water partition coefficient (Wildman–Crippen LogP) is 15.0. The summed E-state index contributed by atoms with van der Waals surface area (Å²) in [5, 5.41) is 4.67. The van der Waals surface area contributed by atoms with Crippen LogP contribution in [0.2, 0.25) is 0 Å². The van der Waals surface area contributed by atoms with Crippen molar-refractivity contribution in [2.75, 3.05) is 0 Å². The van der Waals surface area contributed by atoms with Crippen LogP contribution in [0.15, 0.2) is 183 Å². The third-order valence-corrected chi connectivity index (χ3v) is 12.3. The van der Waals surface area contributed by atoms with Crippen LogP contribution in [0.4, 0.5) is 0 Å². The van der Waals surface area contributed by atoms with Crippen LogP contribution in [0.1, 0.15) is 52.7 Å². The van der Waals surface area contributed by atoms with Gasteiger partial charge >= 0.3 is 0 Å². The number of ether oxygens (including phenoxy) is 2. The first kappa shape index (κ1) is 40.7. The Hall–Kier alpha value is -8.10. The maximum absolute atomic E-state index is 6.55. The van der Waals surface area contributed by atoms with Crippen LogP contribution in [0.3, 0.4) is 0 Å². The van der Waals surface area contributed by atoms with Gasteiger partial charge in [0.05, 0.1) is 45.8 Å². The SMILES string of the molecule is CC(C)(C)c1ccc2c(c1)c1ccc(Oc3cccc(-c4cnc(-c5cccc(Oc6ccc7c8cc(C(C)(C)C)ccc8n(-c8ccccn8)c7c6)c5)cn4)c3)cc1n2-c1ccccn1. The van der Waals surface area contributed by atoms with Crippen molar-refractivity contribution in [1.82, 2.24) is 29.1 Å². The summed E-state index contributed by atoms with van der Waals surface area (Å²) in [4.78, 5) is 19.2. The molecule has 0 bridgehead atoms. The van der Waals surface area contributed by atoms with Gasteiger partial charge in [0.25, 0.3) is 0 Å². The Labute approximate surface area is 383 Å². The van der Waals surface area contributed by atoms with Gasteiger partial charge in [-0.2, -0.15) is 0 Å². The van der Waals surface area contributed by atoms with E-state index in [4.69, 9.17) is 29.4 Å². The summed E-state index contributed by atoms with van der Waals surface area (Å²) in [5.41, 5.74) is 10.1. The number of benzene rings is 6. The zero-order chi connectivity index (χ0) is 45.2. The molecule has 0 fully saturated rings. The summed E-state index contributed by atoms with van der Waals surface area (Å²) in [6, 6.07) is 54.0. The van der Waals surface area contributed by atoms with Crippen LogP contribution in [-0.2, 0) is 10.8 Å². The molecule has 11 aromatic rings. The van der Waals surface area contributed by atoms with Gasteiger partial charge in [0, 0.05) is 57.2 Å². The number of fused-ring (bicyclic) bond motifs is 6. The van der Waals surface area contributed by atoms with E-state index >= 15 is 0 Å². The Morgan fingerprint density at radius 3 is 1.20 bits per heavy atom. The van der Waals surface area contributed by atoms with Gasteiger partial charge in [-0.1, -0.05) is 90.1 Å².